The normalized spacial score (nSPS) is 27.0. The topological polar surface area (TPSA) is 373 Å². The molecule has 3 saturated heterocycles. The minimum absolute atomic E-state index is 0.206. The molecule has 0 spiro atoms. The summed E-state index contributed by atoms with van der Waals surface area (Å²) in [4.78, 5) is 38.7. The van der Waals surface area contributed by atoms with Crippen molar-refractivity contribution in [2.45, 2.75) is 432 Å². The number of hydrogen-bond acceptors (Lipinski definition) is 20. The first-order chi connectivity index (χ1) is 48.4. The summed E-state index contributed by atoms with van der Waals surface area (Å²) >= 11 is 0. The van der Waals surface area contributed by atoms with Gasteiger partial charge in [0.1, 0.15) is 67.1 Å². The smallest absolute Gasteiger partial charge is 0.364 e. The Morgan fingerprint density at radius 2 is 0.930 bits per heavy atom. The molecule has 0 radical (unpaired) electrons. The van der Waals surface area contributed by atoms with E-state index in [0.29, 0.717) is 12.8 Å². The van der Waals surface area contributed by atoms with Crippen molar-refractivity contribution in [1.29, 1.82) is 0 Å². The van der Waals surface area contributed by atoms with E-state index < -0.39 is 155 Å². The van der Waals surface area contributed by atoms with E-state index in [2.05, 4.69) is 24.5 Å². The van der Waals surface area contributed by atoms with Gasteiger partial charge in [0.15, 0.2) is 12.6 Å². The first kappa shape index (κ1) is 91.7. The molecule has 23 nitrogen and oxygen atoms in total. The highest BCUT2D eigenvalue weighted by Gasteiger charge is 2.60. The van der Waals surface area contributed by atoms with E-state index >= 15 is 0 Å². The maximum atomic E-state index is 13.5. The van der Waals surface area contributed by atoms with Gasteiger partial charge in [-0.2, -0.15) is 0 Å². The number of rotatable bonds is 63. The fraction of sp³-hybridized carbons (Fsp3) is 0.935. The summed E-state index contributed by atoms with van der Waals surface area (Å²) in [6.07, 6.45) is 31.1. The molecule has 3 heterocycles. The highest BCUT2D eigenvalue weighted by molar-refractivity contribution is 5.77. The van der Waals surface area contributed by atoms with Crippen LogP contribution in [0, 0.1) is 0 Å². The third kappa shape index (κ3) is 37.1. The van der Waals surface area contributed by atoms with Gasteiger partial charge in [-0.3, -0.25) is 9.59 Å². The minimum atomic E-state index is -3.08. The number of unbranched alkanes of at least 4 members (excludes halogenated alkanes) is 43. The number of aliphatic carboxylic acids is 1. The number of aliphatic hydroxyl groups is 11. The zero-order valence-electron chi connectivity index (χ0n) is 62.1. The third-order valence-electron chi connectivity index (χ3n) is 20.5. The quantitative estimate of drug-likeness (QED) is 0.0199. The van der Waals surface area contributed by atoms with Crippen molar-refractivity contribution in [3.63, 3.8) is 0 Å². The summed E-state index contributed by atoms with van der Waals surface area (Å²) in [5, 5.41) is 136. The van der Waals surface area contributed by atoms with E-state index in [0.717, 1.165) is 51.9 Å². The molecule has 3 fully saturated rings. The SMILES string of the molecule is CCCCCCCCCCCCCCCCC/C=C/C(O)C(COC1OC(CO)C(OC2OC(CO)C(O)C(OC3(C(=O)O)CC(O)C(NC(C)=O)C(C(O)C(O)CO)O3)C2O)C(O)C1O)NC(=O)CCCCCCCCCCCCCCCCCCCCCCCCCCCCCCC. The average Bonchev–Trinajstić information content (AvgIpc) is 0.758. The Bertz CT molecular complexity index is 2050. The van der Waals surface area contributed by atoms with E-state index in [1.165, 1.54) is 231 Å². The number of aliphatic hydroxyl groups excluding tert-OH is 11. The van der Waals surface area contributed by atoms with Crippen molar-refractivity contribution in [2.24, 2.45) is 0 Å². The molecular formula is C77H144N2O21. The summed E-state index contributed by atoms with van der Waals surface area (Å²) in [5.74, 6) is -6.13. The fourth-order valence-electron chi connectivity index (χ4n) is 14.1. The van der Waals surface area contributed by atoms with Crippen LogP contribution in [0.3, 0.4) is 0 Å². The zero-order chi connectivity index (χ0) is 73.2. The van der Waals surface area contributed by atoms with Gasteiger partial charge >= 0.3 is 5.97 Å². The van der Waals surface area contributed by atoms with Crippen molar-refractivity contribution >= 4 is 17.8 Å². The molecule has 18 unspecified atom stereocenters. The van der Waals surface area contributed by atoms with Gasteiger partial charge in [0.25, 0.3) is 5.79 Å². The molecule has 0 aromatic carbocycles. The van der Waals surface area contributed by atoms with Crippen molar-refractivity contribution in [3.8, 4) is 0 Å². The van der Waals surface area contributed by atoms with Crippen molar-refractivity contribution < 1.29 is 104 Å². The van der Waals surface area contributed by atoms with Gasteiger partial charge in [-0.15, -0.1) is 0 Å². The number of amides is 2. The molecule has 23 heteroatoms. The minimum Gasteiger partial charge on any atom is -0.477 e. The average molecular weight is 1430 g/mol. The van der Waals surface area contributed by atoms with Crippen molar-refractivity contribution in [3.05, 3.63) is 12.2 Å². The van der Waals surface area contributed by atoms with Gasteiger partial charge < -0.3 is 100 Å². The predicted octanol–water partition coefficient (Wildman–Crippen LogP) is 10.2. The van der Waals surface area contributed by atoms with Crippen LogP contribution >= 0.6 is 0 Å². The summed E-state index contributed by atoms with van der Waals surface area (Å²) in [6, 6.07) is -2.62. The molecule has 14 N–H and O–H groups in total. The fourth-order valence-corrected chi connectivity index (χ4v) is 14.1. The number of carboxylic acids is 1. The lowest BCUT2D eigenvalue weighted by Gasteiger charge is -2.50. The van der Waals surface area contributed by atoms with Gasteiger partial charge in [0, 0.05) is 19.8 Å². The van der Waals surface area contributed by atoms with Crippen LogP contribution in [0.15, 0.2) is 12.2 Å². The monoisotopic (exact) mass is 1430 g/mol. The molecule has 0 bridgehead atoms. The summed E-state index contributed by atoms with van der Waals surface area (Å²) < 4.78 is 34.9. The summed E-state index contributed by atoms with van der Waals surface area (Å²) in [5.41, 5.74) is 0. The van der Waals surface area contributed by atoms with Gasteiger partial charge in [-0.1, -0.05) is 296 Å². The largest absolute Gasteiger partial charge is 0.477 e. The second-order valence-electron chi connectivity index (χ2n) is 29.3. The first-order valence-electron chi connectivity index (χ1n) is 40.1. The van der Waals surface area contributed by atoms with Crippen LogP contribution in [0.25, 0.3) is 0 Å². The lowest BCUT2D eigenvalue weighted by atomic mass is 9.88. The van der Waals surface area contributed by atoms with Crippen LogP contribution in [-0.2, 0) is 42.8 Å². The Morgan fingerprint density at radius 1 is 0.520 bits per heavy atom. The van der Waals surface area contributed by atoms with Crippen LogP contribution in [0.2, 0.25) is 0 Å². The van der Waals surface area contributed by atoms with Crippen LogP contribution < -0.4 is 10.6 Å². The highest BCUT2D eigenvalue weighted by atomic mass is 16.8. The summed E-state index contributed by atoms with van der Waals surface area (Å²) in [6.45, 7) is 2.19. The molecule has 3 aliphatic rings. The summed E-state index contributed by atoms with van der Waals surface area (Å²) in [7, 11) is 0. The molecule has 100 heavy (non-hydrogen) atoms. The van der Waals surface area contributed by atoms with E-state index in [4.69, 9.17) is 28.4 Å². The molecule has 0 aliphatic carbocycles. The van der Waals surface area contributed by atoms with Gasteiger partial charge in [0.05, 0.1) is 50.7 Å². The number of carboxylic acid groups (broad SMARTS) is 1. The molecule has 2 amide bonds. The number of carbonyl (C=O) groups excluding carboxylic acids is 2. The number of hydrogen-bond donors (Lipinski definition) is 14. The lowest BCUT2D eigenvalue weighted by Crippen LogP contribution is -2.70. The van der Waals surface area contributed by atoms with E-state index in [1.807, 2.05) is 6.08 Å². The Labute approximate surface area is 601 Å². The molecule has 588 valence electrons. The third-order valence-corrected chi connectivity index (χ3v) is 20.5. The van der Waals surface area contributed by atoms with E-state index in [9.17, 15) is 75.7 Å². The second kappa shape index (κ2) is 56.8. The molecular weight excluding hydrogens is 1290 g/mol. The number of allylic oxidation sites excluding steroid dienone is 1. The van der Waals surface area contributed by atoms with Gasteiger partial charge in [-0.05, 0) is 19.3 Å². The Hall–Kier alpha value is -2.53. The lowest BCUT2D eigenvalue weighted by molar-refractivity contribution is -0.386. The maximum Gasteiger partial charge on any atom is 0.364 e. The highest BCUT2D eigenvalue weighted by Crippen LogP contribution is 2.39. The predicted molar refractivity (Wildman–Crippen MR) is 385 cm³/mol. The van der Waals surface area contributed by atoms with Crippen LogP contribution in [-0.4, -0.2) is 215 Å². The number of carbonyl (C=O) groups is 3. The molecule has 3 rings (SSSR count). The molecule has 0 saturated carbocycles. The Kier molecular flexibility index (Phi) is 52.0. The van der Waals surface area contributed by atoms with Crippen LogP contribution in [0.5, 0.6) is 0 Å². The second-order valence-corrected chi connectivity index (χ2v) is 29.3. The van der Waals surface area contributed by atoms with E-state index in [-0.39, 0.29) is 12.3 Å². The van der Waals surface area contributed by atoms with Gasteiger partial charge in [0.2, 0.25) is 11.8 Å². The molecule has 3 aliphatic heterocycles. The first-order valence-corrected chi connectivity index (χ1v) is 40.1. The molecule has 0 aromatic heterocycles. The molecule has 0 aromatic rings. The number of ether oxygens (including phenoxy) is 6. The van der Waals surface area contributed by atoms with Gasteiger partial charge in [-0.25, -0.2) is 4.79 Å². The standard InChI is InChI=1S/C77H144N2O21/c1-4-6-8-10-12-14-16-18-20-22-23-24-25-26-27-28-29-30-31-32-33-35-37-39-41-43-45-47-49-51-64(87)79-58(59(84)50-48-46-44-42-40-38-36-34-21-19-17-15-13-11-9-7-5-2)56-95-74-69(91)68(90)71(63(55-82)97-74)98-75-70(92)73(67(89)62(54-81)96-75)100-77(76(93)94)52-60(85)65(78-57(3)83)72(99-77)66(88)61(86)53-80/h48,50,58-63,65-75,80-82,84-86,88-92H,4-47,49,51-56H2,1-3H3,(H,78,83)(H,79,87)(H,93,94)/b50-48+. The van der Waals surface area contributed by atoms with Crippen LogP contribution in [0.4, 0.5) is 0 Å². The van der Waals surface area contributed by atoms with Crippen LogP contribution in [0.1, 0.15) is 323 Å². The zero-order valence-corrected chi connectivity index (χ0v) is 62.1. The molecule has 18 atom stereocenters. The Balaban J connectivity index is 1.50. The van der Waals surface area contributed by atoms with Crippen molar-refractivity contribution in [2.75, 3.05) is 26.4 Å². The van der Waals surface area contributed by atoms with E-state index in [1.54, 1.807) is 6.08 Å². The number of nitrogens with one attached hydrogen (secondary N) is 2. The Morgan fingerprint density at radius 3 is 1.33 bits per heavy atom. The maximum absolute atomic E-state index is 13.5. The van der Waals surface area contributed by atoms with Crippen molar-refractivity contribution in [1.82, 2.24) is 10.6 Å².